The number of carbonyl (C=O) groups excluding carboxylic acids is 2. The molecule has 1 saturated heterocycles. The molecule has 1 aromatic rings. The van der Waals surface area contributed by atoms with E-state index >= 15 is 0 Å². The number of methoxy groups -OCH3 is 1. The molecule has 1 aliphatic rings. The van der Waals surface area contributed by atoms with Gasteiger partial charge in [0.25, 0.3) is 5.91 Å². The number of amides is 2. The Morgan fingerprint density at radius 1 is 1.33 bits per heavy atom. The Hall–Kier alpha value is -1.99. The minimum absolute atomic E-state index is 0.116. The predicted octanol–water partition coefficient (Wildman–Crippen LogP) is 0.644. The van der Waals surface area contributed by atoms with Gasteiger partial charge in [0.05, 0.1) is 45.6 Å². The van der Waals surface area contributed by atoms with Gasteiger partial charge in [-0.25, -0.2) is 4.79 Å². The molecule has 0 unspecified atom stereocenters. The van der Waals surface area contributed by atoms with Gasteiger partial charge < -0.3 is 19.7 Å². The van der Waals surface area contributed by atoms with Crippen molar-refractivity contribution >= 4 is 29.3 Å². The number of nitrogens with one attached hydrogen (secondary N) is 2. The van der Waals surface area contributed by atoms with Crippen molar-refractivity contribution in [3.8, 4) is 5.75 Å². The van der Waals surface area contributed by atoms with Crippen LogP contribution in [0.3, 0.4) is 0 Å². The highest BCUT2D eigenvalue weighted by atomic mass is 35.5. The number of halogens is 1. The van der Waals surface area contributed by atoms with E-state index in [-0.39, 0.29) is 12.0 Å². The Kier molecular flexibility index (Phi) is 6.69. The first-order valence-corrected chi connectivity index (χ1v) is 8.30. The van der Waals surface area contributed by atoms with Gasteiger partial charge in [-0.2, -0.15) is 0 Å². The summed E-state index contributed by atoms with van der Waals surface area (Å²) in [5.74, 6) is 0.449. The highest BCUT2D eigenvalue weighted by Gasteiger charge is 2.26. The van der Waals surface area contributed by atoms with Gasteiger partial charge in [-0.3, -0.25) is 9.69 Å². The standard InChI is InChI=1S/C16H22ClN3O4/c1-3-24-16(22)20-8-6-19(7-9-20)11-15(21)18-13-10-12(17)4-5-14(13)23-2/h4-5,10H,3,6-9,11H2,1-2H3,(H,18,21)/p+1. The molecule has 2 rings (SSSR count). The van der Waals surface area contributed by atoms with E-state index in [2.05, 4.69) is 5.32 Å². The van der Waals surface area contributed by atoms with E-state index in [1.807, 2.05) is 0 Å². The van der Waals surface area contributed by atoms with Crippen molar-refractivity contribution in [2.75, 3.05) is 51.8 Å². The molecular formula is C16H23ClN3O4+. The number of ether oxygens (including phenoxy) is 2. The molecule has 1 heterocycles. The summed E-state index contributed by atoms with van der Waals surface area (Å²) < 4.78 is 10.2. The van der Waals surface area contributed by atoms with Crippen LogP contribution in [-0.2, 0) is 9.53 Å². The maximum Gasteiger partial charge on any atom is 0.410 e. The van der Waals surface area contributed by atoms with Crippen molar-refractivity contribution in [1.29, 1.82) is 0 Å². The molecule has 1 aromatic carbocycles. The number of carbonyl (C=O) groups is 2. The van der Waals surface area contributed by atoms with Crippen LogP contribution in [-0.4, -0.2) is 63.3 Å². The molecule has 132 valence electrons. The van der Waals surface area contributed by atoms with E-state index in [1.165, 1.54) is 0 Å². The summed E-state index contributed by atoms with van der Waals surface area (Å²) in [5.41, 5.74) is 0.555. The summed E-state index contributed by atoms with van der Waals surface area (Å²) in [6.07, 6.45) is -0.287. The van der Waals surface area contributed by atoms with Gasteiger partial charge in [-0.05, 0) is 25.1 Å². The zero-order valence-electron chi connectivity index (χ0n) is 13.9. The van der Waals surface area contributed by atoms with Crippen LogP contribution in [0, 0.1) is 0 Å². The average Bonchev–Trinajstić information content (AvgIpc) is 2.56. The van der Waals surface area contributed by atoms with Crippen LogP contribution >= 0.6 is 11.6 Å². The number of piperazine rings is 1. The molecule has 0 bridgehead atoms. The largest absolute Gasteiger partial charge is 0.495 e. The van der Waals surface area contributed by atoms with Crippen molar-refractivity contribution in [3.05, 3.63) is 23.2 Å². The van der Waals surface area contributed by atoms with Gasteiger partial charge in [0.15, 0.2) is 6.54 Å². The van der Waals surface area contributed by atoms with Crippen LogP contribution in [0.15, 0.2) is 18.2 Å². The second-order valence-electron chi connectivity index (χ2n) is 5.51. The Balaban J connectivity index is 1.84. The summed E-state index contributed by atoms with van der Waals surface area (Å²) in [6.45, 7) is 5.07. The van der Waals surface area contributed by atoms with Crippen molar-refractivity contribution in [3.63, 3.8) is 0 Å². The fraction of sp³-hybridized carbons (Fsp3) is 0.500. The highest BCUT2D eigenvalue weighted by Crippen LogP contribution is 2.27. The van der Waals surface area contributed by atoms with E-state index < -0.39 is 0 Å². The first kappa shape index (κ1) is 18.4. The van der Waals surface area contributed by atoms with Gasteiger partial charge >= 0.3 is 6.09 Å². The molecule has 0 atom stereocenters. The zero-order chi connectivity index (χ0) is 17.5. The Morgan fingerprint density at radius 2 is 2.04 bits per heavy atom. The summed E-state index contributed by atoms with van der Waals surface area (Å²) in [7, 11) is 1.54. The number of benzene rings is 1. The van der Waals surface area contributed by atoms with E-state index in [0.717, 1.165) is 4.90 Å². The molecule has 1 aliphatic heterocycles. The lowest BCUT2D eigenvalue weighted by atomic mass is 10.2. The van der Waals surface area contributed by atoms with Gasteiger partial charge in [0.2, 0.25) is 0 Å². The number of hydrogen-bond donors (Lipinski definition) is 2. The maximum atomic E-state index is 12.2. The number of nitrogens with zero attached hydrogens (tertiary/aromatic N) is 1. The molecule has 0 aliphatic carbocycles. The summed E-state index contributed by atoms with van der Waals surface area (Å²) in [6, 6.07) is 5.07. The predicted molar refractivity (Wildman–Crippen MR) is 90.8 cm³/mol. The number of quaternary nitrogens is 1. The first-order valence-electron chi connectivity index (χ1n) is 7.92. The lowest BCUT2D eigenvalue weighted by molar-refractivity contribution is -0.895. The average molecular weight is 357 g/mol. The summed E-state index contributed by atoms with van der Waals surface area (Å²) in [4.78, 5) is 26.7. The van der Waals surface area contributed by atoms with Gasteiger partial charge in [-0.15, -0.1) is 0 Å². The second kappa shape index (κ2) is 8.75. The normalized spacial score (nSPS) is 15.0. The zero-order valence-corrected chi connectivity index (χ0v) is 14.7. The third kappa shape index (κ3) is 5.01. The van der Waals surface area contributed by atoms with Crippen molar-refractivity contribution in [2.45, 2.75) is 6.92 Å². The van der Waals surface area contributed by atoms with Gasteiger partial charge in [0.1, 0.15) is 5.75 Å². The van der Waals surface area contributed by atoms with Crippen LogP contribution in [0.5, 0.6) is 5.75 Å². The molecule has 2 N–H and O–H groups in total. The highest BCUT2D eigenvalue weighted by molar-refractivity contribution is 6.31. The minimum atomic E-state index is -0.287. The van der Waals surface area contributed by atoms with Crippen molar-refractivity contribution in [1.82, 2.24) is 4.90 Å². The van der Waals surface area contributed by atoms with Gasteiger partial charge in [0, 0.05) is 5.02 Å². The Labute approximate surface area is 146 Å². The quantitative estimate of drug-likeness (QED) is 0.812. The first-order chi connectivity index (χ1) is 11.5. The molecule has 2 amide bonds. The molecule has 1 fully saturated rings. The summed E-state index contributed by atoms with van der Waals surface area (Å²) in [5, 5.41) is 3.36. The SMILES string of the molecule is CCOC(=O)N1CC[NH+](CC(=O)Nc2cc(Cl)ccc2OC)CC1. The number of anilines is 1. The lowest BCUT2D eigenvalue weighted by Gasteiger charge is -2.31. The third-order valence-electron chi connectivity index (χ3n) is 3.84. The lowest BCUT2D eigenvalue weighted by Crippen LogP contribution is -3.15. The molecule has 0 spiro atoms. The van der Waals surface area contributed by atoms with E-state index in [4.69, 9.17) is 21.1 Å². The van der Waals surface area contributed by atoms with E-state index in [1.54, 1.807) is 37.1 Å². The fourth-order valence-corrected chi connectivity index (χ4v) is 2.77. The Morgan fingerprint density at radius 3 is 2.67 bits per heavy atom. The number of hydrogen-bond acceptors (Lipinski definition) is 4. The van der Waals surface area contributed by atoms with Crippen molar-refractivity contribution < 1.29 is 24.0 Å². The smallest absolute Gasteiger partial charge is 0.410 e. The molecular weight excluding hydrogens is 334 g/mol. The maximum absolute atomic E-state index is 12.2. The van der Waals surface area contributed by atoms with Crippen LogP contribution in [0.1, 0.15) is 6.92 Å². The van der Waals surface area contributed by atoms with Crippen LogP contribution in [0.25, 0.3) is 0 Å². The fourth-order valence-electron chi connectivity index (χ4n) is 2.60. The van der Waals surface area contributed by atoms with Crippen LogP contribution in [0.4, 0.5) is 10.5 Å². The topological polar surface area (TPSA) is 72.3 Å². The van der Waals surface area contributed by atoms with Crippen LogP contribution < -0.4 is 15.0 Å². The number of rotatable bonds is 5. The third-order valence-corrected chi connectivity index (χ3v) is 4.08. The van der Waals surface area contributed by atoms with Crippen LogP contribution in [0.2, 0.25) is 5.02 Å². The molecule has 0 radical (unpaired) electrons. The molecule has 0 saturated carbocycles. The second-order valence-corrected chi connectivity index (χ2v) is 5.94. The molecule has 7 nitrogen and oxygen atoms in total. The minimum Gasteiger partial charge on any atom is -0.495 e. The van der Waals surface area contributed by atoms with E-state index in [9.17, 15) is 9.59 Å². The van der Waals surface area contributed by atoms with Crippen molar-refractivity contribution in [2.24, 2.45) is 0 Å². The monoisotopic (exact) mass is 356 g/mol. The Bertz CT molecular complexity index is 589. The molecule has 0 aromatic heterocycles. The van der Waals surface area contributed by atoms with Gasteiger partial charge in [-0.1, -0.05) is 11.6 Å². The summed E-state index contributed by atoms with van der Waals surface area (Å²) >= 11 is 5.96. The molecule has 24 heavy (non-hydrogen) atoms. The van der Waals surface area contributed by atoms with E-state index in [0.29, 0.717) is 55.8 Å². The molecule has 8 heteroatoms.